The summed E-state index contributed by atoms with van der Waals surface area (Å²) >= 11 is 0. The van der Waals surface area contributed by atoms with Crippen molar-refractivity contribution in [3.8, 4) is 5.75 Å². The van der Waals surface area contributed by atoms with E-state index in [1.54, 1.807) is 7.11 Å². The molecule has 1 aromatic carbocycles. The molecule has 2 aliphatic rings. The largest absolute Gasteiger partial charge is 0.497 e. The van der Waals surface area contributed by atoms with Gasteiger partial charge in [0.15, 0.2) is 5.78 Å². The van der Waals surface area contributed by atoms with Gasteiger partial charge in [-0.15, -0.1) is 5.73 Å². The number of allylic oxidation sites excluding steroid dienone is 2. The zero-order chi connectivity index (χ0) is 18.3. The predicted octanol–water partition coefficient (Wildman–Crippen LogP) is 3.61. The van der Waals surface area contributed by atoms with Crippen LogP contribution in [0.15, 0.2) is 41.3 Å². The van der Waals surface area contributed by atoms with E-state index >= 15 is 0 Å². The van der Waals surface area contributed by atoms with Gasteiger partial charge in [-0.3, -0.25) is 4.79 Å². The maximum atomic E-state index is 13.3. The lowest BCUT2D eigenvalue weighted by molar-refractivity contribution is 0.101. The van der Waals surface area contributed by atoms with Crippen molar-refractivity contribution in [3.63, 3.8) is 0 Å². The summed E-state index contributed by atoms with van der Waals surface area (Å²) in [5.41, 5.74) is 5.84. The summed E-state index contributed by atoms with van der Waals surface area (Å²) in [6, 6.07) is 5.73. The fourth-order valence-corrected chi connectivity index (χ4v) is 4.16. The second-order valence-electron chi connectivity index (χ2n) is 6.91. The zero-order valence-corrected chi connectivity index (χ0v) is 15.2. The van der Waals surface area contributed by atoms with E-state index in [1.807, 2.05) is 37.3 Å². The van der Waals surface area contributed by atoms with E-state index in [2.05, 4.69) is 18.4 Å². The molecule has 3 nitrogen and oxygen atoms in total. The minimum Gasteiger partial charge on any atom is -0.497 e. The fraction of sp³-hybridized carbons (Fsp3) is 0.304. The van der Waals surface area contributed by atoms with Crippen molar-refractivity contribution in [3.05, 3.63) is 70.0 Å². The van der Waals surface area contributed by atoms with Crippen molar-refractivity contribution in [1.82, 2.24) is 0 Å². The summed E-state index contributed by atoms with van der Waals surface area (Å²) in [6.45, 7) is 5.80. The average molecular weight is 346 g/mol. The van der Waals surface area contributed by atoms with Gasteiger partial charge in [0.05, 0.1) is 23.3 Å². The second kappa shape index (κ2) is 6.19. The molecule has 2 aromatic rings. The van der Waals surface area contributed by atoms with E-state index in [4.69, 9.17) is 9.15 Å². The van der Waals surface area contributed by atoms with Gasteiger partial charge in [-0.25, -0.2) is 0 Å². The highest BCUT2D eigenvalue weighted by Gasteiger charge is 2.51. The van der Waals surface area contributed by atoms with Crippen LogP contribution in [-0.4, -0.2) is 12.9 Å². The van der Waals surface area contributed by atoms with Crippen LogP contribution in [0.25, 0.3) is 11.8 Å². The van der Waals surface area contributed by atoms with Crippen LogP contribution in [0.1, 0.15) is 59.9 Å². The third-order valence-corrected chi connectivity index (χ3v) is 5.64. The smallest absolute Gasteiger partial charge is 0.198 e. The molecule has 0 N–H and O–H groups in total. The molecule has 0 radical (unpaired) electrons. The molecular formula is C23H22O3. The number of ether oxygens (including phenoxy) is 1. The van der Waals surface area contributed by atoms with Crippen LogP contribution in [0.3, 0.4) is 0 Å². The van der Waals surface area contributed by atoms with Crippen LogP contribution in [-0.2, 0) is 5.41 Å². The normalized spacial score (nSPS) is 17.8. The molecule has 26 heavy (non-hydrogen) atoms. The molecule has 1 aromatic heterocycles. The molecule has 1 spiro atoms. The van der Waals surface area contributed by atoms with E-state index in [0.717, 1.165) is 48.3 Å². The number of furan rings is 1. The van der Waals surface area contributed by atoms with Crippen LogP contribution in [0.4, 0.5) is 0 Å². The lowest BCUT2D eigenvalue weighted by atomic mass is 9.58. The van der Waals surface area contributed by atoms with Crippen molar-refractivity contribution in [2.45, 2.75) is 38.0 Å². The van der Waals surface area contributed by atoms with Crippen molar-refractivity contribution in [2.75, 3.05) is 7.11 Å². The number of carbonyl (C=O) groups is 1. The number of fused-ring (bicyclic) bond motifs is 4. The standard InChI is InChI=1S/C23H22O3/c1-4-6-7-9-19-16(5-2)20-21(24)17-11-10-15(25-3)14-18(17)23(12-8-13-23)22(20)26-19/h4,6,9-11,14H,2,7-8,12-13H2,1,3H3/b6-4-,19-9+. The SMILES string of the molecule is C=C=c1c2c(o/c1=C/C/C=C\C)C1(CCC1)c1cc(OC)ccc1C2=O. The number of ketones is 1. The first-order valence-corrected chi connectivity index (χ1v) is 9.04. The summed E-state index contributed by atoms with van der Waals surface area (Å²) in [5.74, 6) is 1.55. The fourth-order valence-electron chi connectivity index (χ4n) is 4.16. The Balaban J connectivity index is 2.02. The lowest BCUT2D eigenvalue weighted by Gasteiger charge is -2.44. The first kappa shape index (κ1) is 16.7. The van der Waals surface area contributed by atoms with E-state index in [-0.39, 0.29) is 11.2 Å². The number of carbonyl (C=O) groups excluding carboxylic acids is 1. The van der Waals surface area contributed by atoms with Gasteiger partial charge in [0, 0.05) is 5.56 Å². The van der Waals surface area contributed by atoms with Gasteiger partial charge in [-0.1, -0.05) is 25.2 Å². The van der Waals surface area contributed by atoms with Gasteiger partial charge in [-0.05, 0) is 56.0 Å². The quantitative estimate of drug-likeness (QED) is 0.797. The van der Waals surface area contributed by atoms with E-state index in [0.29, 0.717) is 16.2 Å². The number of methoxy groups -OCH3 is 1. The average Bonchev–Trinajstić information content (AvgIpc) is 2.99. The maximum Gasteiger partial charge on any atom is 0.198 e. The first-order chi connectivity index (χ1) is 12.7. The molecule has 2 aliphatic carbocycles. The van der Waals surface area contributed by atoms with Gasteiger partial charge in [0.1, 0.15) is 16.9 Å². The van der Waals surface area contributed by atoms with Gasteiger partial charge < -0.3 is 9.15 Å². The maximum absolute atomic E-state index is 13.3. The van der Waals surface area contributed by atoms with E-state index in [1.165, 1.54) is 0 Å². The van der Waals surface area contributed by atoms with Gasteiger partial charge in [0.2, 0.25) is 0 Å². The van der Waals surface area contributed by atoms with Crippen molar-refractivity contribution < 1.29 is 13.9 Å². The Kier molecular flexibility index (Phi) is 3.97. The zero-order valence-electron chi connectivity index (χ0n) is 15.2. The Labute approximate surface area is 153 Å². The second-order valence-corrected chi connectivity index (χ2v) is 6.91. The minimum absolute atomic E-state index is 0.00392. The van der Waals surface area contributed by atoms with Gasteiger partial charge in [-0.2, -0.15) is 0 Å². The monoisotopic (exact) mass is 346 g/mol. The summed E-state index contributed by atoms with van der Waals surface area (Å²) in [7, 11) is 1.65. The number of benzene rings is 1. The molecule has 4 rings (SSSR count). The Morgan fingerprint density at radius 2 is 2.19 bits per heavy atom. The van der Waals surface area contributed by atoms with Crippen LogP contribution in [0.5, 0.6) is 5.75 Å². The molecule has 1 fully saturated rings. The van der Waals surface area contributed by atoms with Crippen molar-refractivity contribution in [1.29, 1.82) is 0 Å². The molecule has 0 aliphatic heterocycles. The van der Waals surface area contributed by atoms with Crippen molar-refractivity contribution >= 4 is 17.6 Å². The van der Waals surface area contributed by atoms with Crippen LogP contribution >= 0.6 is 0 Å². The molecule has 1 heterocycles. The summed E-state index contributed by atoms with van der Waals surface area (Å²) in [5, 5.41) is 0.697. The number of hydrogen-bond donors (Lipinski definition) is 0. The molecule has 0 unspecified atom stereocenters. The third-order valence-electron chi connectivity index (χ3n) is 5.64. The first-order valence-electron chi connectivity index (χ1n) is 9.04. The third kappa shape index (κ3) is 2.17. The molecular weight excluding hydrogens is 324 g/mol. The van der Waals surface area contributed by atoms with Gasteiger partial charge in [0.25, 0.3) is 0 Å². The Morgan fingerprint density at radius 3 is 2.81 bits per heavy atom. The highest BCUT2D eigenvalue weighted by molar-refractivity contribution is 6.13. The van der Waals surface area contributed by atoms with E-state index in [9.17, 15) is 4.79 Å². The van der Waals surface area contributed by atoms with Crippen LogP contribution in [0, 0.1) is 0 Å². The molecule has 0 atom stereocenters. The lowest BCUT2D eigenvalue weighted by Crippen LogP contribution is -2.42. The molecule has 0 bridgehead atoms. The highest BCUT2D eigenvalue weighted by atomic mass is 16.5. The van der Waals surface area contributed by atoms with Crippen LogP contribution < -0.4 is 15.4 Å². The number of hydrogen-bond acceptors (Lipinski definition) is 3. The minimum atomic E-state index is -0.231. The molecule has 132 valence electrons. The Hall–Kier alpha value is -2.77. The predicted molar refractivity (Wildman–Crippen MR) is 102 cm³/mol. The summed E-state index contributed by atoms with van der Waals surface area (Å²) < 4.78 is 11.7. The highest BCUT2D eigenvalue weighted by Crippen LogP contribution is 2.53. The number of rotatable bonds is 3. The Bertz CT molecular complexity index is 1060. The molecule has 0 saturated heterocycles. The van der Waals surface area contributed by atoms with Gasteiger partial charge >= 0.3 is 0 Å². The van der Waals surface area contributed by atoms with Crippen molar-refractivity contribution in [2.24, 2.45) is 0 Å². The Morgan fingerprint density at radius 1 is 1.38 bits per heavy atom. The van der Waals surface area contributed by atoms with Crippen LogP contribution in [0.2, 0.25) is 0 Å². The summed E-state index contributed by atoms with van der Waals surface area (Å²) in [4.78, 5) is 13.3. The van der Waals surface area contributed by atoms with E-state index < -0.39 is 0 Å². The molecule has 3 heteroatoms. The molecule has 0 amide bonds. The molecule has 1 saturated carbocycles. The summed E-state index contributed by atoms with van der Waals surface area (Å²) in [6.07, 6.45) is 9.87. The topological polar surface area (TPSA) is 39.4 Å².